The molecule has 1 aliphatic carbocycles. The molecule has 0 aromatic heterocycles. The number of ether oxygens (including phenoxy) is 1. The van der Waals surface area contributed by atoms with Crippen molar-refractivity contribution in [1.82, 2.24) is 4.90 Å². The zero-order valence-corrected chi connectivity index (χ0v) is 12.6. The van der Waals surface area contributed by atoms with Crippen LogP contribution in [0.5, 0.6) is 5.75 Å². The maximum absolute atomic E-state index is 12.4. The topological polar surface area (TPSA) is 29.5 Å². The molecule has 2 bridgehead atoms. The quantitative estimate of drug-likeness (QED) is 0.855. The lowest BCUT2D eigenvalue weighted by molar-refractivity contribution is -0.132. The van der Waals surface area contributed by atoms with E-state index in [0.29, 0.717) is 12.5 Å². The van der Waals surface area contributed by atoms with E-state index in [4.69, 9.17) is 4.74 Å². The normalized spacial score (nSPS) is 24.8. The zero-order chi connectivity index (χ0) is 13.4. The van der Waals surface area contributed by atoms with E-state index in [1.54, 1.807) is 7.11 Å². The Kier molecular flexibility index (Phi) is 3.52. The number of hydrogen-bond acceptors (Lipinski definition) is 2. The van der Waals surface area contributed by atoms with Crippen molar-refractivity contribution >= 4 is 21.8 Å². The fourth-order valence-corrected chi connectivity index (χ4v) is 3.69. The third-order valence-corrected chi connectivity index (χ3v) is 5.10. The minimum Gasteiger partial charge on any atom is -0.497 e. The Bertz CT molecular complexity index is 503. The number of halogens is 1. The molecule has 1 aromatic rings. The largest absolute Gasteiger partial charge is 0.497 e. The first-order valence-electron chi connectivity index (χ1n) is 6.79. The van der Waals surface area contributed by atoms with Gasteiger partial charge < -0.3 is 9.64 Å². The third-order valence-electron chi connectivity index (χ3n) is 4.32. The molecule has 1 heterocycles. The summed E-state index contributed by atoms with van der Waals surface area (Å²) >= 11 is 3.51. The first kappa shape index (κ1) is 13.0. The summed E-state index contributed by atoms with van der Waals surface area (Å²) in [6, 6.07) is 6.28. The summed E-state index contributed by atoms with van der Waals surface area (Å²) < 4.78 is 6.20. The van der Waals surface area contributed by atoms with Crippen molar-refractivity contribution < 1.29 is 9.53 Å². The number of carbonyl (C=O) groups is 1. The number of likely N-dealkylation sites (tertiary alicyclic amines) is 1. The van der Waals surface area contributed by atoms with Crippen LogP contribution in [-0.4, -0.2) is 30.5 Å². The summed E-state index contributed by atoms with van der Waals surface area (Å²) in [6.07, 6.45) is 4.17. The Morgan fingerprint density at radius 3 is 2.95 bits per heavy atom. The van der Waals surface area contributed by atoms with E-state index in [1.165, 1.54) is 19.3 Å². The van der Waals surface area contributed by atoms with Gasteiger partial charge in [0.15, 0.2) is 0 Å². The van der Waals surface area contributed by atoms with Crippen molar-refractivity contribution in [1.29, 1.82) is 0 Å². The highest BCUT2D eigenvalue weighted by molar-refractivity contribution is 9.10. The van der Waals surface area contributed by atoms with Gasteiger partial charge in [-0.2, -0.15) is 0 Å². The van der Waals surface area contributed by atoms with E-state index in [9.17, 15) is 4.79 Å². The molecule has 2 fully saturated rings. The summed E-state index contributed by atoms with van der Waals surface area (Å²) in [5.41, 5.74) is 1.01. The minimum atomic E-state index is 0.251. The molecule has 102 valence electrons. The van der Waals surface area contributed by atoms with Crippen molar-refractivity contribution in [2.24, 2.45) is 5.92 Å². The molecule has 4 heteroatoms. The van der Waals surface area contributed by atoms with E-state index in [1.807, 2.05) is 18.2 Å². The molecule has 1 saturated heterocycles. The summed E-state index contributed by atoms with van der Waals surface area (Å²) in [4.78, 5) is 14.5. The highest BCUT2D eigenvalue weighted by Crippen LogP contribution is 2.37. The highest BCUT2D eigenvalue weighted by atomic mass is 79.9. The highest BCUT2D eigenvalue weighted by Gasteiger charge is 2.39. The third kappa shape index (κ3) is 2.50. The van der Waals surface area contributed by atoms with Crippen molar-refractivity contribution in [2.75, 3.05) is 13.7 Å². The van der Waals surface area contributed by atoms with Gasteiger partial charge in [0.2, 0.25) is 5.91 Å². The average Bonchev–Trinajstić information content (AvgIpc) is 3.03. The van der Waals surface area contributed by atoms with Crippen molar-refractivity contribution in [3.63, 3.8) is 0 Å². The molecule has 2 aliphatic rings. The van der Waals surface area contributed by atoms with E-state index in [0.717, 1.165) is 28.2 Å². The van der Waals surface area contributed by atoms with Crippen LogP contribution in [0.2, 0.25) is 0 Å². The fourth-order valence-electron chi connectivity index (χ4n) is 3.31. The molecule has 1 aromatic carbocycles. The fraction of sp³-hybridized carbons (Fsp3) is 0.533. The summed E-state index contributed by atoms with van der Waals surface area (Å²) in [5.74, 6) is 1.80. The second-order valence-electron chi connectivity index (χ2n) is 5.51. The van der Waals surface area contributed by atoms with Gasteiger partial charge in [0, 0.05) is 17.1 Å². The second kappa shape index (κ2) is 5.16. The Labute approximate surface area is 122 Å². The van der Waals surface area contributed by atoms with Gasteiger partial charge in [0.05, 0.1) is 13.5 Å². The Balaban J connectivity index is 1.72. The molecule has 0 spiro atoms. The second-order valence-corrected chi connectivity index (χ2v) is 6.37. The molecule has 2 atom stereocenters. The van der Waals surface area contributed by atoms with Crippen molar-refractivity contribution in [3.05, 3.63) is 28.2 Å². The number of nitrogens with zero attached hydrogens (tertiary/aromatic N) is 1. The van der Waals surface area contributed by atoms with E-state index >= 15 is 0 Å². The van der Waals surface area contributed by atoms with Crippen molar-refractivity contribution in [2.45, 2.75) is 31.7 Å². The molecular weight excluding hydrogens is 306 g/mol. The van der Waals surface area contributed by atoms with Crippen LogP contribution in [0.25, 0.3) is 0 Å². The molecule has 1 aliphatic heterocycles. The molecule has 3 rings (SSSR count). The minimum absolute atomic E-state index is 0.251. The average molecular weight is 324 g/mol. The van der Waals surface area contributed by atoms with Gasteiger partial charge in [0.25, 0.3) is 0 Å². The maximum atomic E-state index is 12.4. The van der Waals surface area contributed by atoms with Crippen LogP contribution in [0.4, 0.5) is 0 Å². The predicted octanol–water partition coefficient (Wildman–Crippen LogP) is 3.01. The number of methoxy groups -OCH3 is 1. The summed E-state index contributed by atoms with van der Waals surface area (Å²) in [7, 11) is 1.65. The van der Waals surface area contributed by atoms with Crippen LogP contribution in [0, 0.1) is 5.92 Å². The summed E-state index contributed by atoms with van der Waals surface area (Å²) in [6.45, 7) is 0.963. The van der Waals surface area contributed by atoms with Gasteiger partial charge in [0.1, 0.15) is 5.75 Å². The van der Waals surface area contributed by atoms with Gasteiger partial charge in [-0.15, -0.1) is 0 Å². The van der Waals surface area contributed by atoms with Crippen LogP contribution < -0.4 is 4.74 Å². The molecule has 3 nitrogen and oxygen atoms in total. The van der Waals surface area contributed by atoms with Gasteiger partial charge >= 0.3 is 0 Å². The number of fused-ring (bicyclic) bond motifs is 2. The number of rotatable bonds is 3. The van der Waals surface area contributed by atoms with Crippen LogP contribution in [-0.2, 0) is 11.2 Å². The molecular formula is C15H18BrNO2. The lowest BCUT2D eigenvalue weighted by atomic mass is 10.1. The van der Waals surface area contributed by atoms with Crippen molar-refractivity contribution in [3.8, 4) is 5.75 Å². The molecule has 19 heavy (non-hydrogen) atoms. The Morgan fingerprint density at radius 1 is 1.47 bits per heavy atom. The smallest absolute Gasteiger partial charge is 0.227 e. The molecule has 1 amide bonds. The number of piperidine rings is 1. The molecule has 0 unspecified atom stereocenters. The van der Waals surface area contributed by atoms with Gasteiger partial charge in [-0.3, -0.25) is 4.79 Å². The zero-order valence-electron chi connectivity index (χ0n) is 11.1. The molecule has 1 saturated carbocycles. The standard InChI is InChI=1S/C15H18BrNO2/c1-19-13-4-5-14(16)11(7-13)8-15(18)17-9-10-2-3-12(17)6-10/h4-5,7,10,12H,2-3,6,8-9H2,1H3/t10-,12-/m0/s1. The number of carbonyl (C=O) groups excluding carboxylic acids is 1. The molecule has 0 N–H and O–H groups in total. The monoisotopic (exact) mass is 323 g/mol. The van der Waals surface area contributed by atoms with Gasteiger partial charge in [-0.25, -0.2) is 0 Å². The van der Waals surface area contributed by atoms with E-state index in [-0.39, 0.29) is 5.91 Å². The predicted molar refractivity (Wildman–Crippen MR) is 77.2 cm³/mol. The number of hydrogen-bond donors (Lipinski definition) is 0. The van der Waals surface area contributed by atoms with Gasteiger partial charge in [-0.05, 0) is 48.9 Å². The lowest BCUT2D eigenvalue weighted by Crippen LogP contribution is -2.38. The number of amides is 1. The first-order valence-corrected chi connectivity index (χ1v) is 7.58. The van der Waals surface area contributed by atoms with Crippen LogP contribution >= 0.6 is 15.9 Å². The number of benzene rings is 1. The lowest BCUT2D eigenvalue weighted by Gasteiger charge is -2.27. The Morgan fingerprint density at radius 2 is 2.32 bits per heavy atom. The van der Waals surface area contributed by atoms with Crippen LogP contribution in [0.1, 0.15) is 24.8 Å². The van der Waals surface area contributed by atoms with Crippen LogP contribution in [0.15, 0.2) is 22.7 Å². The van der Waals surface area contributed by atoms with Crippen LogP contribution in [0.3, 0.4) is 0 Å². The summed E-state index contributed by atoms with van der Waals surface area (Å²) in [5, 5.41) is 0. The molecule has 0 radical (unpaired) electrons. The Hall–Kier alpha value is -1.03. The van der Waals surface area contributed by atoms with Gasteiger partial charge in [-0.1, -0.05) is 15.9 Å². The SMILES string of the molecule is COc1ccc(Br)c(CC(=O)N2C[C@H]3CC[C@H]2C3)c1. The van der Waals surface area contributed by atoms with E-state index < -0.39 is 0 Å². The maximum Gasteiger partial charge on any atom is 0.227 e. The van der Waals surface area contributed by atoms with E-state index in [2.05, 4.69) is 20.8 Å². The first-order chi connectivity index (χ1) is 9.17.